The third-order valence-corrected chi connectivity index (χ3v) is 4.21. The van der Waals surface area contributed by atoms with Crippen LogP contribution in [0.5, 0.6) is 0 Å². The molecule has 0 aliphatic heterocycles. The number of hydrogen-bond donors (Lipinski definition) is 1. The van der Waals surface area contributed by atoms with Crippen LogP contribution in [0.25, 0.3) is 0 Å². The fourth-order valence-corrected chi connectivity index (χ4v) is 3.43. The zero-order chi connectivity index (χ0) is 14.9. The quantitative estimate of drug-likeness (QED) is 0.743. The van der Waals surface area contributed by atoms with E-state index in [9.17, 15) is 0 Å². The molecule has 0 spiro atoms. The monoisotopic (exact) mass is 331 g/mol. The minimum absolute atomic E-state index is 0.300. The number of anilines is 1. The molecule has 2 aromatic rings. The molecule has 2 aromatic carbocycles. The van der Waals surface area contributed by atoms with Crippen molar-refractivity contribution in [1.29, 1.82) is 0 Å². The first kappa shape index (κ1) is 15.1. The fourth-order valence-electron chi connectivity index (χ4n) is 2.74. The molecule has 2 heteroatoms. The lowest BCUT2D eigenvalue weighted by atomic mass is 9.99. The number of rotatable bonds is 3. The molecule has 20 heavy (non-hydrogen) atoms. The maximum absolute atomic E-state index is 3.66. The summed E-state index contributed by atoms with van der Waals surface area (Å²) in [6, 6.07) is 11.3. The molecule has 1 nitrogen and oxygen atoms in total. The third-order valence-electron chi connectivity index (χ3n) is 3.75. The highest BCUT2D eigenvalue weighted by molar-refractivity contribution is 9.10. The predicted molar refractivity (Wildman–Crippen MR) is 91.6 cm³/mol. The van der Waals surface area contributed by atoms with Crippen molar-refractivity contribution >= 4 is 21.6 Å². The summed E-state index contributed by atoms with van der Waals surface area (Å²) in [5, 5.41) is 3.66. The summed E-state index contributed by atoms with van der Waals surface area (Å²) < 4.78 is 1.14. The Morgan fingerprint density at radius 3 is 2.05 bits per heavy atom. The van der Waals surface area contributed by atoms with E-state index in [1.165, 1.54) is 33.5 Å². The van der Waals surface area contributed by atoms with Crippen LogP contribution in [0.2, 0.25) is 0 Å². The van der Waals surface area contributed by atoms with E-state index in [0.717, 1.165) is 4.47 Å². The Morgan fingerprint density at radius 2 is 1.50 bits per heavy atom. The lowest BCUT2D eigenvalue weighted by Gasteiger charge is -2.21. The van der Waals surface area contributed by atoms with Crippen molar-refractivity contribution in [3.63, 3.8) is 0 Å². The molecule has 106 valence electrons. The van der Waals surface area contributed by atoms with Crippen molar-refractivity contribution in [2.24, 2.45) is 0 Å². The maximum Gasteiger partial charge on any atom is 0.0488 e. The molecule has 0 aliphatic rings. The molecule has 0 aliphatic carbocycles. The highest BCUT2D eigenvalue weighted by Gasteiger charge is 2.11. The fraction of sp³-hybridized carbons (Fsp3) is 0.333. The molecule has 0 radical (unpaired) electrons. The van der Waals surface area contributed by atoms with E-state index in [2.05, 4.69) is 86.2 Å². The van der Waals surface area contributed by atoms with Crippen molar-refractivity contribution in [3.05, 3.63) is 62.6 Å². The van der Waals surface area contributed by atoms with Crippen LogP contribution in [0.15, 0.2) is 34.8 Å². The Bertz CT molecular complexity index is 608. The van der Waals surface area contributed by atoms with Crippen LogP contribution in [0.3, 0.4) is 0 Å². The summed E-state index contributed by atoms with van der Waals surface area (Å²) in [5.74, 6) is 0. The average Bonchev–Trinajstić information content (AvgIpc) is 2.33. The van der Waals surface area contributed by atoms with Crippen LogP contribution < -0.4 is 5.32 Å². The Labute approximate surface area is 130 Å². The van der Waals surface area contributed by atoms with Gasteiger partial charge in [0.2, 0.25) is 0 Å². The molecule has 1 unspecified atom stereocenters. The summed E-state index contributed by atoms with van der Waals surface area (Å²) in [6.45, 7) is 10.8. The third kappa shape index (κ3) is 3.24. The molecule has 0 aromatic heterocycles. The Balaban J connectivity index is 2.30. The van der Waals surface area contributed by atoms with Crippen molar-refractivity contribution in [3.8, 4) is 0 Å². The van der Waals surface area contributed by atoms with E-state index >= 15 is 0 Å². The second-order valence-electron chi connectivity index (χ2n) is 5.64. The minimum atomic E-state index is 0.300. The largest absolute Gasteiger partial charge is 0.378 e. The van der Waals surface area contributed by atoms with Gasteiger partial charge in [-0.2, -0.15) is 0 Å². The molecule has 2 rings (SSSR count). The molecule has 1 atom stereocenters. The van der Waals surface area contributed by atoms with Crippen LogP contribution in [-0.2, 0) is 0 Å². The minimum Gasteiger partial charge on any atom is -0.378 e. The Hall–Kier alpha value is -1.28. The van der Waals surface area contributed by atoms with Crippen molar-refractivity contribution in [1.82, 2.24) is 0 Å². The van der Waals surface area contributed by atoms with Gasteiger partial charge in [-0.25, -0.2) is 0 Å². The molecule has 0 saturated carbocycles. The van der Waals surface area contributed by atoms with E-state index < -0.39 is 0 Å². The van der Waals surface area contributed by atoms with Crippen molar-refractivity contribution in [2.75, 3.05) is 5.32 Å². The normalized spacial score (nSPS) is 12.3. The van der Waals surface area contributed by atoms with Crippen LogP contribution >= 0.6 is 15.9 Å². The topological polar surface area (TPSA) is 12.0 Å². The second-order valence-corrected chi connectivity index (χ2v) is 6.56. The standard InChI is InChI=1S/C18H22BrN/c1-11-6-7-17(12(2)8-11)15(5)20-18-13(3)9-16(19)10-14(18)4/h6-10,15,20H,1-5H3. The number of benzene rings is 2. The molecule has 1 N–H and O–H groups in total. The number of halogens is 1. The van der Waals surface area contributed by atoms with E-state index in [-0.39, 0.29) is 0 Å². The summed E-state index contributed by atoms with van der Waals surface area (Å²) in [7, 11) is 0. The summed E-state index contributed by atoms with van der Waals surface area (Å²) in [4.78, 5) is 0. The van der Waals surface area contributed by atoms with Crippen molar-refractivity contribution < 1.29 is 0 Å². The predicted octanol–water partition coefficient (Wildman–Crippen LogP) is 5.86. The molecular weight excluding hydrogens is 310 g/mol. The second kappa shape index (κ2) is 6.01. The zero-order valence-corrected chi connectivity index (χ0v) is 14.4. The Morgan fingerprint density at radius 1 is 0.900 bits per heavy atom. The van der Waals surface area contributed by atoms with Crippen LogP contribution in [0, 0.1) is 27.7 Å². The van der Waals surface area contributed by atoms with Gasteiger partial charge in [0.15, 0.2) is 0 Å². The molecular formula is C18H22BrN. The summed E-state index contributed by atoms with van der Waals surface area (Å²) >= 11 is 3.55. The van der Waals surface area contributed by atoms with E-state index in [1.54, 1.807) is 0 Å². The van der Waals surface area contributed by atoms with E-state index in [0.29, 0.717) is 6.04 Å². The smallest absolute Gasteiger partial charge is 0.0488 e. The van der Waals surface area contributed by atoms with Crippen LogP contribution in [0.1, 0.15) is 40.8 Å². The average molecular weight is 332 g/mol. The Kier molecular flexibility index (Phi) is 4.54. The van der Waals surface area contributed by atoms with E-state index in [1.807, 2.05) is 0 Å². The summed E-state index contributed by atoms with van der Waals surface area (Å²) in [6.07, 6.45) is 0. The van der Waals surface area contributed by atoms with Gasteiger partial charge >= 0.3 is 0 Å². The highest BCUT2D eigenvalue weighted by atomic mass is 79.9. The molecule has 0 saturated heterocycles. The molecule has 0 bridgehead atoms. The van der Waals surface area contributed by atoms with Gasteiger partial charge in [0.25, 0.3) is 0 Å². The van der Waals surface area contributed by atoms with Crippen molar-refractivity contribution in [2.45, 2.75) is 40.7 Å². The van der Waals surface area contributed by atoms with Crippen LogP contribution in [-0.4, -0.2) is 0 Å². The van der Waals surface area contributed by atoms with Gasteiger partial charge in [-0.15, -0.1) is 0 Å². The number of hydrogen-bond acceptors (Lipinski definition) is 1. The zero-order valence-electron chi connectivity index (χ0n) is 12.8. The SMILES string of the molecule is Cc1ccc(C(C)Nc2c(C)cc(Br)cc2C)c(C)c1. The highest BCUT2D eigenvalue weighted by Crippen LogP contribution is 2.29. The van der Waals surface area contributed by atoms with Gasteiger partial charge in [-0.3, -0.25) is 0 Å². The number of nitrogens with one attached hydrogen (secondary N) is 1. The van der Waals surface area contributed by atoms with Crippen LogP contribution in [0.4, 0.5) is 5.69 Å². The first-order valence-electron chi connectivity index (χ1n) is 6.99. The molecule has 0 amide bonds. The van der Waals surface area contributed by atoms with Gasteiger partial charge in [0, 0.05) is 16.2 Å². The van der Waals surface area contributed by atoms with Gasteiger partial charge in [-0.05, 0) is 69.0 Å². The van der Waals surface area contributed by atoms with Gasteiger partial charge in [0.1, 0.15) is 0 Å². The molecule has 0 heterocycles. The summed E-state index contributed by atoms with van der Waals surface area (Å²) in [5.41, 5.74) is 7.80. The lowest BCUT2D eigenvalue weighted by Crippen LogP contribution is -2.10. The van der Waals surface area contributed by atoms with Gasteiger partial charge < -0.3 is 5.32 Å². The van der Waals surface area contributed by atoms with Gasteiger partial charge in [-0.1, -0.05) is 39.7 Å². The number of aryl methyl sites for hydroxylation is 4. The lowest BCUT2D eigenvalue weighted by molar-refractivity contribution is 0.869. The first-order valence-corrected chi connectivity index (χ1v) is 7.78. The maximum atomic E-state index is 3.66. The van der Waals surface area contributed by atoms with Gasteiger partial charge in [0.05, 0.1) is 0 Å². The first-order chi connectivity index (χ1) is 9.38. The van der Waals surface area contributed by atoms with E-state index in [4.69, 9.17) is 0 Å². The molecule has 0 fully saturated rings.